The first-order chi connectivity index (χ1) is 13.0. The number of nitro groups is 1. The van der Waals surface area contributed by atoms with Gasteiger partial charge < -0.3 is 9.80 Å². The molecule has 1 saturated heterocycles. The van der Waals surface area contributed by atoms with E-state index < -0.39 is 0 Å². The fourth-order valence-electron chi connectivity index (χ4n) is 3.12. The van der Waals surface area contributed by atoms with Gasteiger partial charge in [0, 0.05) is 37.1 Å². The third kappa shape index (κ3) is 4.60. The molecular formula is C20H23N3O3S. The van der Waals surface area contributed by atoms with Crippen LogP contribution in [0.4, 0.5) is 11.4 Å². The molecule has 0 N–H and O–H groups in total. The van der Waals surface area contributed by atoms with Crippen LogP contribution in [0.25, 0.3) is 0 Å². The average molecular weight is 385 g/mol. The fourth-order valence-corrected chi connectivity index (χ4v) is 4.02. The number of benzene rings is 2. The average Bonchev–Trinajstić information content (AvgIpc) is 2.68. The standard InChI is InChI=1S/C20H23N3O3S/c1-15-7-8-17(13-16(15)2)27-14-20(24)22-11-9-21(10-12-22)18-5-3-4-6-19(18)23(25)26/h3-8,13H,9-12,14H2,1-2H3. The zero-order valence-electron chi connectivity index (χ0n) is 15.6. The molecule has 0 aromatic heterocycles. The summed E-state index contributed by atoms with van der Waals surface area (Å²) in [4.78, 5) is 28.3. The van der Waals surface area contributed by atoms with Crippen molar-refractivity contribution in [2.24, 2.45) is 0 Å². The van der Waals surface area contributed by atoms with Gasteiger partial charge in [0.2, 0.25) is 5.91 Å². The summed E-state index contributed by atoms with van der Waals surface area (Å²) < 4.78 is 0. The second-order valence-electron chi connectivity index (χ2n) is 6.65. The highest BCUT2D eigenvalue weighted by atomic mass is 32.2. The Labute approximate surface area is 163 Å². The van der Waals surface area contributed by atoms with Crippen LogP contribution in [0.1, 0.15) is 11.1 Å². The van der Waals surface area contributed by atoms with Crippen LogP contribution in [-0.2, 0) is 4.79 Å². The number of aryl methyl sites for hydroxylation is 2. The van der Waals surface area contributed by atoms with Gasteiger partial charge in [0.05, 0.1) is 10.7 Å². The van der Waals surface area contributed by atoms with E-state index in [2.05, 4.69) is 26.0 Å². The number of carbonyl (C=O) groups is 1. The van der Waals surface area contributed by atoms with Crippen molar-refractivity contribution in [3.8, 4) is 0 Å². The summed E-state index contributed by atoms with van der Waals surface area (Å²) in [5.74, 6) is 0.522. The maximum atomic E-state index is 12.5. The molecule has 1 heterocycles. The van der Waals surface area contributed by atoms with Crippen LogP contribution in [0.15, 0.2) is 47.4 Å². The minimum atomic E-state index is -0.354. The number of hydrogen-bond acceptors (Lipinski definition) is 5. The Hall–Kier alpha value is -2.54. The fraction of sp³-hybridized carbons (Fsp3) is 0.350. The summed E-state index contributed by atoms with van der Waals surface area (Å²) in [6.45, 7) is 6.52. The Morgan fingerprint density at radius 1 is 1.07 bits per heavy atom. The number of piperazine rings is 1. The van der Waals surface area contributed by atoms with Gasteiger partial charge in [-0.2, -0.15) is 0 Å². The van der Waals surface area contributed by atoms with Crippen molar-refractivity contribution in [1.82, 2.24) is 4.90 Å². The topological polar surface area (TPSA) is 66.7 Å². The van der Waals surface area contributed by atoms with Crippen LogP contribution in [-0.4, -0.2) is 47.7 Å². The van der Waals surface area contributed by atoms with Crippen LogP contribution in [0.2, 0.25) is 0 Å². The molecule has 7 heteroatoms. The zero-order chi connectivity index (χ0) is 19.4. The number of hydrogen-bond donors (Lipinski definition) is 0. The van der Waals surface area contributed by atoms with Gasteiger partial charge in [0.1, 0.15) is 5.69 Å². The molecular weight excluding hydrogens is 362 g/mol. The molecule has 0 bridgehead atoms. The molecule has 2 aromatic rings. The summed E-state index contributed by atoms with van der Waals surface area (Å²) in [6.07, 6.45) is 0. The number of nitro benzene ring substituents is 1. The third-order valence-electron chi connectivity index (χ3n) is 4.89. The van der Waals surface area contributed by atoms with Gasteiger partial charge >= 0.3 is 0 Å². The number of rotatable bonds is 5. The molecule has 2 aromatic carbocycles. The van der Waals surface area contributed by atoms with E-state index in [1.165, 1.54) is 17.2 Å². The highest BCUT2D eigenvalue weighted by Gasteiger charge is 2.25. The van der Waals surface area contributed by atoms with Crippen LogP contribution < -0.4 is 4.90 Å². The third-order valence-corrected chi connectivity index (χ3v) is 5.87. The van der Waals surface area contributed by atoms with E-state index in [0.29, 0.717) is 37.6 Å². The van der Waals surface area contributed by atoms with Crippen molar-refractivity contribution in [3.63, 3.8) is 0 Å². The Balaban J connectivity index is 1.55. The number of carbonyl (C=O) groups excluding carboxylic acids is 1. The molecule has 3 rings (SSSR count). The van der Waals surface area contributed by atoms with E-state index in [1.54, 1.807) is 30.0 Å². The lowest BCUT2D eigenvalue weighted by Gasteiger charge is -2.35. The van der Waals surface area contributed by atoms with Crippen LogP contribution >= 0.6 is 11.8 Å². The maximum absolute atomic E-state index is 12.5. The van der Waals surface area contributed by atoms with Crippen molar-refractivity contribution < 1.29 is 9.72 Å². The number of nitrogens with zero attached hydrogens (tertiary/aromatic N) is 3. The second-order valence-corrected chi connectivity index (χ2v) is 7.70. The molecule has 27 heavy (non-hydrogen) atoms. The highest BCUT2D eigenvalue weighted by molar-refractivity contribution is 8.00. The number of para-hydroxylation sites is 2. The first-order valence-electron chi connectivity index (χ1n) is 8.92. The molecule has 1 aliphatic heterocycles. The minimum Gasteiger partial charge on any atom is -0.362 e. The van der Waals surface area contributed by atoms with Crippen LogP contribution in [0.3, 0.4) is 0 Å². The van der Waals surface area contributed by atoms with Crippen molar-refractivity contribution >= 4 is 29.0 Å². The van der Waals surface area contributed by atoms with Gasteiger partial charge in [-0.15, -0.1) is 11.8 Å². The SMILES string of the molecule is Cc1ccc(SCC(=O)N2CCN(c3ccccc3[N+](=O)[O-])CC2)cc1C. The Morgan fingerprint density at radius 3 is 2.44 bits per heavy atom. The molecule has 1 fully saturated rings. The second kappa shape index (κ2) is 8.43. The zero-order valence-corrected chi connectivity index (χ0v) is 16.4. The molecule has 0 aliphatic carbocycles. The van der Waals surface area contributed by atoms with Gasteiger partial charge in [-0.3, -0.25) is 14.9 Å². The van der Waals surface area contributed by atoms with E-state index in [1.807, 2.05) is 15.9 Å². The lowest BCUT2D eigenvalue weighted by Crippen LogP contribution is -2.49. The maximum Gasteiger partial charge on any atom is 0.292 e. The molecule has 0 spiro atoms. The molecule has 0 atom stereocenters. The molecule has 6 nitrogen and oxygen atoms in total. The van der Waals surface area contributed by atoms with Crippen molar-refractivity contribution in [2.75, 3.05) is 36.8 Å². The quantitative estimate of drug-likeness (QED) is 0.446. The van der Waals surface area contributed by atoms with Gasteiger partial charge in [0.25, 0.3) is 5.69 Å². The summed E-state index contributed by atoms with van der Waals surface area (Å²) >= 11 is 1.55. The molecule has 1 aliphatic rings. The van der Waals surface area contributed by atoms with E-state index in [-0.39, 0.29) is 16.5 Å². The molecule has 142 valence electrons. The van der Waals surface area contributed by atoms with Gasteiger partial charge in [-0.05, 0) is 43.2 Å². The molecule has 1 amide bonds. The van der Waals surface area contributed by atoms with Gasteiger partial charge in [-0.1, -0.05) is 18.2 Å². The smallest absolute Gasteiger partial charge is 0.292 e. The van der Waals surface area contributed by atoms with Crippen molar-refractivity contribution in [1.29, 1.82) is 0 Å². The predicted molar refractivity (Wildman–Crippen MR) is 109 cm³/mol. The largest absolute Gasteiger partial charge is 0.362 e. The van der Waals surface area contributed by atoms with Crippen LogP contribution in [0.5, 0.6) is 0 Å². The molecule has 0 unspecified atom stereocenters. The van der Waals surface area contributed by atoms with Crippen LogP contribution in [0, 0.1) is 24.0 Å². The highest BCUT2D eigenvalue weighted by Crippen LogP contribution is 2.28. The number of thioether (sulfide) groups is 1. The van der Waals surface area contributed by atoms with E-state index in [9.17, 15) is 14.9 Å². The lowest BCUT2D eigenvalue weighted by molar-refractivity contribution is -0.384. The monoisotopic (exact) mass is 385 g/mol. The van der Waals surface area contributed by atoms with Gasteiger partial charge in [-0.25, -0.2) is 0 Å². The van der Waals surface area contributed by atoms with E-state index in [4.69, 9.17) is 0 Å². The predicted octanol–water partition coefficient (Wildman–Crippen LogP) is 3.65. The summed E-state index contributed by atoms with van der Waals surface area (Å²) in [5, 5.41) is 11.2. The van der Waals surface area contributed by atoms with E-state index in [0.717, 1.165) is 4.90 Å². The number of anilines is 1. The van der Waals surface area contributed by atoms with E-state index >= 15 is 0 Å². The Morgan fingerprint density at radius 2 is 1.78 bits per heavy atom. The Kier molecular flexibility index (Phi) is 6.01. The first-order valence-corrected chi connectivity index (χ1v) is 9.90. The lowest BCUT2D eigenvalue weighted by atomic mass is 10.1. The summed E-state index contributed by atoms with van der Waals surface area (Å²) in [5.41, 5.74) is 3.21. The normalized spacial score (nSPS) is 14.3. The number of amides is 1. The molecule has 0 saturated carbocycles. The van der Waals surface area contributed by atoms with Gasteiger partial charge in [0.15, 0.2) is 0 Å². The molecule has 0 radical (unpaired) electrons. The Bertz CT molecular complexity index is 848. The van der Waals surface area contributed by atoms with Crippen molar-refractivity contribution in [3.05, 3.63) is 63.7 Å². The minimum absolute atomic E-state index is 0.112. The van der Waals surface area contributed by atoms with Crippen molar-refractivity contribution in [2.45, 2.75) is 18.7 Å². The summed E-state index contributed by atoms with van der Waals surface area (Å²) in [6, 6.07) is 13.0. The summed E-state index contributed by atoms with van der Waals surface area (Å²) in [7, 11) is 0. The first kappa shape index (κ1) is 19.2.